The number of aryl methyl sites for hydroxylation is 1. The Labute approximate surface area is 192 Å². The number of ether oxygens (including phenoxy) is 1. The van der Waals surface area contributed by atoms with E-state index in [9.17, 15) is 9.59 Å². The molecular weight excluding hydrogens is 422 g/mol. The number of benzene rings is 3. The van der Waals surface area contributed by atoms with Crippen LogP contribution in [-0.4, -0.2) is 23.9 Å². The van der Waals surface area contributed by atoms with Crippen molar-refractivity contribution >= 4 is 34.8 Å². The Kier molecular flexibility index (Phi) is 6.15. The zero-order chi connectivity index (χ0) is 22.7. The second-order valence-corrected chi connectivity index (χ2v) is 8.28. The minimum absolute atomic E-state index is 0.144. The predicted octanol–water partition coefficient (Wildman–Crippen LogP) is 5.66. The van der Waals surface area contributed by atoms with Crippen molar-refractivity contribution in [2.75, 3.05) is 7.11 Å². The molecule has 4 aromatic rings. The van der Waals surface area contributed by atoms with Gasteiger partial charge in [0.25, 0.3) is 0 Å². The van der Waals surface area contributed by atoms with Crippen LogP contribution in [0.15, 0.2) is 85.1 Å². The largest absolute Gasteiger partial charge is 0.468 e. The second-order valence-electron chi connectivity index (χ2n) is 7.85. The number of carbonyl (C=O) groups is 2. The lowest BCUT2D eigenvalue weighted by Crippen LogP contribution is -2.44. The van der Waals surface area contributed by atoms with E-state index in [1.807, 2.05) is 96.7 Å². The van der Waals surface area contributed by atoms with E-state index in [1.165, 1.54) is 7.11 Å². The van der Waals surface area contributed by atoms with Gasteiger partial charge in [-0.2, -0.15) is 0 Å². The molecule has 3 aromatic carbocycles. The summed E-state index contributed by atoms with van der Waals surface area (Å²) in [4.78, 5) is 25.8. The maximum absolute atomic E-state index is 13.9. The summed E-state index contributed by atoms with van der Waals surface area (Å²) < 4.78 is 7.44. The molecule has 1 heterocycles. The van der Waals surface area contributed by atoms with Crippen LogP contribution in [0.4, 0.5) is 0 Å². The first-order valence-corrected chi connectivity index (χ1v) is 10.8. The molecule has 5 heteroatoms. The lowest BCUT2D eigenvalue weighted by molar-refractivity contribution is -0.146. The molecule has 32 heavy (non-hydrogen) atoms. The van der Waals surface area contributed by atoms with Crippen molar-refractivity contribution < 1.29 is 14.3 Å². The Balaban J connectivity index is 2.17. The topological polar surface area (TPSA) is 48.3 Å². The van der Waals surface area contributed by atoms with E-state index < -0.39 is 17.3 Å². The number of aldehydes is 1. The fraction of sp³-hybridized carbons (Fsp3) is 0.185. The number of methoxy groups -OCH3 is 1. The van der Waals surface area contributed by atoms with Gasteiger partial charge in [-0.25, -0.2) is 0 Å². The molecule has 1 aromatic heterocycles. The van der Waals surface area contributed by atoms with Gasteiger partial charge in [0.05, 0.1) is 7.11 Å². The number of fused-ring (bicyclic) bond motifs is 1. The van der Waals surface area contributed by atoms with E-state index in [0.29, 0.717) is 5.02 Å². The molecule has 0 saturated carbocycles. The number of hydrogen-bond donors (Lipinski definition) is 0. The molecule has 0 radical (unpaired) electrons. The summed E-state index contributed by atoms with van der Waals surface area (Å²) in [7, 11) is 3.32. The molecule has 2 atom stereocenters. The zero-order valence-corrected chi connectivity index (χ0v) is 18.8. The van der Waals surface area contributed by atoms with Gasteiger partial charge in [-0.1, -0.05) is 72.3 Å². The van der Waals surface area contributed by atoms with Crippen LogP contribution in [0, 0.1) is 0 Å². The average Bonchev–Trinajstić information content (AvgIpc) is 3.15. The molecule has 0 aliphatic rings. The Hall–Kier alpha value is -3.37. The van der Waals surface area contributed by atoms with Crippen molar-refractivity contribution in [1.82, 2.24) is 4.57 Å². The third-order valence-corrected chi connectivity index (χ3v) is 6.40. The van der Waals surface area contributed by atoms with Crippen LogP contribution in [0.1, 0.15) is 29.0 Å². The maximum atomic E-state index is 13.9. The first-order chi connectivity index (χ1) is 15.5. The number of esters is 1. The highest BCUT2D eigenvalue weighted by atomic mass is 35.5. The summed E-state index contributed by atoms with van der Waals surface area (Å²) in [6.45, 7) is 0. The molecule has 0 bridgehead atoms. The molecule has 0 N–H and O–H groups in total. The van der Waals surface area contributed by atoms with Gasteiger partial charge in [-0.05, 0) is 29.3 Å². The number of hydrogen-bond acceptors (Lipinski definition) is 3. The molecule has 2 unspecified atom stereocenters. The molecule has 0 amide bonds. The highest BCUT2D eigenvalue weighted by molar-refractivity contribution is 6.31. The minimum atomic E-state index is -1.26. The first-order valence-electron chi connectivity index (χ1n) is 10.4. The van der Waals surface area contributed by atoms with E-state index in [0.717, 1.165) is 33.9 Å². The number of aromatic nitrogens is 1. The second kappa shape index (κ2) is 9.01. The Morgan fingerprint density at radius 3 is 2.34 bits per heavy atom. The van der Waals surface area contributed by atoms with E-state index in [-0.39, 0.29) is 6.42 Å². The van der Waals surface area contributed by atoms with Crippen molar-refractivity contribution in [3.63, 3.8) is 0 Å². The number of rotatable bonds is 7. The third kappa shape index (κ3) is 3.51. The quantitative estimate of drug-likeness (QED) is 0.272. The fourth-order valence-electron chi connectivity index (χ4n) is 4.80. The van der Waals surface area contributed by atoms with Crippen LogP contribution >= 0.6 is 11.6 Å². The highest BCUT2D eigenvalue weighted by Crippen LogP contribution is 2.50. The number of nitrogens with zero attached hydrogens (tertiary/aromatic N) is 1. The van der Waals surface area contributed by atoms with Crippen molar-refractivity contribution in [2.24, 2.45) is 7.05 Å². The van der Waals surface area contributed by atoms with Crippen LogP contribution in [0.2, 0.25) is 5.02 Å². The van der Waals surface area contributed by atoms with E-state index in [1.54, 1.807) is 0 Å². The van der Waals surface area contributed by atoms with Crippen LogP contribution in [0.3, 0.4) is 0 Å². The van der Waals surface area contributed by atoms with Crippen LogP contribution in [0.5, 0.6) is 0 Å². The molecule has 0 fully saturated rings. The average molecular weight is 446 g/mol. The Bertz CT molecular complexity index is 1250. The summed E-state index contributed by atoms with van der Waals surface area (Å²) in [5, 5.41) is 1.42. The minimum Gasteiger partial charge on any atom is -0.468 e. The standard InChI is InChI=1S/C27H24ClNO3/c1-29-18-24(22-17-21(28)13-14-25(22)29)27(26(31)32-2,20-11-7-4-8-12-20)23(15-16-30)19-9-5-3-6-10-19/h3-14,16-18,23H,15H2,1-2H3. The third-order valence-electron chi connectivity index (χ3n) is 6.17. The van der Waals surface area contributed by atoms with Gasteiger partial charge in [-0.15, -0.1) is 0 Å². The predicted molar refractivity (Wildman–Crippen MR) is 127 cm³/mol. The summed E-state index contributed by atoms with van der Waals surface area (Å²) in [5.74, 6) is -0.910. The van der Waals surface area contributed by atoms with Gasteiger partial charge in [-0.3, -0.25) is 4.79 Å². The lowest BCUT2D eigenvalue weighted by atomic mass is 9.62. The molecule has 4 nitrogen and oxygen atoms in total. The van der Waals surface area contributed by atoms with E-state index in [4.69, 9.17) is 16.3 Å². The fourth-order valence-corrected chi connectivity index (χ4v) is 4.97. The van der Waals surface area contributed by atoms with Crippen LogP contribution in [0.25, 0.3) is 10.9 Å². The first kappa shape index (κ1) is 21.8. The molecule has 0 saturated heterocycles. The molecule has 0 spiro atoms. The molecule has 162 valence electrons. The van der Waals surface area contributed by atoms with Crippen molar-refractivity contribution in [3.05, 3.63) is 107 Å². The van der Waals surface area contributed by atoms with Gasteiger partial charge < -0.3 is 14.1 Å². The summed E-state index contributed by atoms with van der Waals surface area (Å²) in [5.41, 5.74) is 2.07. The van der Waals surface area contributed by atoms with Crippen LogP contribution in [-0.2, 0) is 26.8 Å². The molecule has 0 aliphatic heterocycles. The van der Waals surface area contributed by atoms with Crippen molar-refractivity contribution in [3.8, 4) is 0 Å². The highest BCUT2D eigenvalue weighted by Gasteiger charge is 2.51. The van der Waals surface area contributed by atoms with Gasteiger partial charge in [0.15, 0.2) is 0 Å². The SMILES string of the molecule is COC(=O)C(c1ccccc1)(c1cn(C)c2ccc(Cl)cc12)C(CC=O)c1ccccc1. The van der Waals surface area contributed by atoms with Crippen molar-refractivity contribution in [2.45, 2.75) is 17.8 Å². The number of carbonyl (C=O) groups excluding carboxylic acids is 2. The normalized spacial score (nSPS) is 14.0. The summed E-state index contributed by atoms with van der Waals surface area (Å²) in [6, 6.07) is 24.8. The Morgan fingerprint density at radius 2 is 1.72 bits per heavy atom. The lowest BCUT2D eigenvalue weighted by Gasteiger charge is -2.38. The zero-order valence-electron chi connectivity index (χ0n) is 18.0. The molecular formula is C27H24ClNO3. The monoisotopic (exact) mass is 445 g/mol. The van der Waals surface area contributed by atoms with Gasteiger partial charge in [0.2, 0.25) is 0 Å². The van der Waals surface area contributed by atoms with Gasteiger partial charge in [0, 0.05) is 47.1 Å². The van der Waals surface area contributed by atoms with Gasteiger partial charge in [0.1, 0.15) is 11.7 Å². The maximum Gasteiger partial charge on any atom is 0.321 e. The van der Waals surface area contributed by atoms with E-state index in [2.05, 4.69) is 0 Å². The summed E-state index contributed by atoms with van der Waals surface area (Å²) >= 11 is 6.39. The summed E-state index contributed by atoms with van der Waals surface area (Å²) in [6.07, 6.45) is 2.97. The Morgan fingerprint density at radius 1 is 1.06 bits per heavy atom. The van der Waals surface area contributed by atoms with Crippen molar-refractivity contribution in [1.29, 1.82) is 0 Å². The van der Waals surface area contributed by atoms with Gasteiger partial charge >= 0.3 is 5.97 Å². The van der Waals surface area contributed by atoms with Crippen LogP contribution < -0.4 is 0 Å². The number of halogens is 1. The molecule has 4 rings (SSSR count). The van der Waals surface area contributed by atoms with E-state index >= 15 is 0 Å². The molecule has 0 aliphatic carbocycles. The smallest absolute Gasteiger partial charge is 0.321 e.